The van der Waals surface area contributed by atoms with E-state index in [1.165, 1.54) is 4.90 Å². The summed E-state index contributed by atoms with van der Waals surface area (Å²) in [6.07, 6.45) is 0.562. The second-order valence-electron chi connectivity index (χ2n) is 4.83. The molecule has 0 saturated carbocycles. The summed E-state index contributed by atoms with van der Waals surface area (Å²) in [4.78, 5) is 12.1. The molecule has 0 unspecified atom stereocenters. The molecule has 92 valence electrons. The maximum absolute atomic E-state index is 11.8. The SMILES string of the molecule is CC(C)(C)[S@@+]([O-])N=C1CCCN(C(=O)O)C1. The quantitative estimate of drug-likeness (QED) is 0.715. The van der Waals surface area contributed by atoms with Crippen LogP contribution in [0, 0.1) is 0 Å². The normalized spacial score (nSPS) is 22.2. The fraction of sp³-hybridized carbons (Fsp3) is 0.800. The maximum Gasteiger partial charge on any atom is 0.407 e. The van der Waals surface area contributed by atoms with Crippen LogP contribution < -0.4 is 0 Å². The van der Waals surface area contributed by atoms with Crippen LogP contribution in [-0.4, -0.2) is 44.2 Å². The predicted octanol–water partition coefficient (Wildman–Crippen LogP) is 1.66. The number of amides is 1. The van der Waals surface area contributed by atoms with Gasteiger partial charge in [0.05, 0.1) is 12.3 Å². The third kappa shape index (κ3) is 3.68. The fourth-order valence-corrected chi connectivity index (χ4v) is 2.00. The van der Waals surface area contributed by atoms with Crippen molar-refractivity contribution in [2.45, 2.75) is 38.4 Å². The van der Waals surface area contributed by atoms with Crippen molar-refractivity contribution in [2.75, 3.05) is 13.1 Å². The van der Waals surface area contributed by atoms with Gasteiger partial charge in [0.2, 0.25) is 0 Å². The van der Waals surface area contributed by atoms with Crippen molar-refractivity contribution in [3.63, 3.8) is 0 Å². The first-order valence-electron chi connectivity index (χ1n) is 5.27. The minimum Gasteiger partial charge on any atom is -0.591 e. The second kappa shape index (κ2) is 5.05. The molecule has 1 rings (SSSR count). The number of hydrogen-bond donors (Lipinski definition) is 1. The zero-order chi connectivity index (χ0) is 12.3. The molecule has 1 amide bonds. The molecule has 0 radical (unpaired) electrons. The van der Waals surface area contributed by atoms with E-state index < -0.39 is 22.2 Å². The van der Waals surface area contributed by atoms with E-state index >= 15 is 0 Å². The molecule has 0 spiro atoms. The molecular formula is C10H18N2O3S. The van der Waals surface area contributed by atoms with Gasteiger partial charge in [0.15, 0.2) is 0 Å². The molecular weight excluding hydrogens is 228 g/mol. The van der Waals surface area contributed by atoms with Gasteiger partial charge in [0.25, 0.3) is 0 Å². The van der Waals surface area contributed by atoms with Gasteiger partial charge >= 0.3 is 6.09 Å². The summed E-state index contributed by atoms with van der Waals surface area (Å²) in [6, 6.07) is 0. The third-order valence-electron chi connectivity index (χ3n) is 2.27. The van der Waals surface area contributed by atoms with Crippen molar-refractivity contribution in [2.24, 2.45) is 4.40 Å². The largest absolute Gasteiger partial charge is 0.591 e. The topological polar surface area (TPSA) is 76.0 Å². The highest BCUT2D eigenvalue weighted by Gasteiger charge is 2.29. The summed E-state index contributed by atoms with van der Waals surface area (Å²) in [5.41, 5.74) is 0.724. The number of nitrogens with zero attached hydrogens (tertiary/aromatic N) is 2. The molecule has 0 aliphatic carbocycles. The van der Waals surface area contributed by atoms with Crippen molar-refractivity contribution in [1.82, 2.24) is 4.90 Å². The predicted molar refractivity (Wildman–Crippen MR) is 64.2 cm³/mol. The van der Waals surface area contributed by atoms with Crippen molar-refractivity contribution >= 4 is 23.2 Å². The van der Waals surface area contributed by atoms with Crippen molar-refractivity contribution in [3.8, 4) is 0 Å². The van der Waals surface area contributed by atoms with Gasteiger partial charge in [-0.15, -0.1) is 0 Å². The van der Waals surface area contributed by atoms with Gasteiger partial charge < -0.3 is 14.6 Å². The summed E-state index contributed by atoms with van der Waals surface area (Å²) < 4.78 is 15.5. The van der Waals surface area contributed by atoms with E-state index in [0.717, 1.165) is 18.6 Å². The van der Waals surface area contributed by atoms with Crippen molar-refractivity contribution in [1.29, 1.82) is 0 Å². The molecule has 0 bridgehead atoms. The highest BCUT2D eigenvalue weighted by molar-refractivity contribution is 7.91. The van der Waals surface area contributed by atoms with Crippen LogP contribution in [0.1, 0.15) is 33.6 Å². The number of rotatable bonds is 1. The molecule has 5 nitrogen and oxygen atoms in total. The minimum absolute atomic E-state index is 0.289. The van der Waals surface area contributed by atoms with E-state index in [9.17, 15) is 9.35 Å². The molecule has 1 heterocycles. The summed E-state index contributed by atoms with van der Waals surface area (Å²) in [5, 5.41) is 8.85. The van der Waals surface area contributed by atoms with E-state index in [1.807, 2.05) is 20.8 Å². The van der Waals surface area contributed by atoms with Gasteiger partial charge in [0.1, 0.15) is 16.1 Å². The Hall–Kier alpha value is -0.750. The van der Waals surface area contributed by atoms with Crippen LogP contribution in [0.5, 0.6) is 0 Å². The molecule has 6 heteroatoms. The number of carbonyl (C=O) groups is 1. The van der Waals surface area contributed by atoms with Crippen LogP contribution in [0.3, 0.4) is 0 Å². The summed E-state index contributed by atoms with van der Waals surface area (Å²) in [7, 11) is 0. The zero-order valence-electron chi connectivity index (χ0n) is 9.89. The standard InChI is InChI=1S/C10H18N2O3S/c1-10(2,3)16(15)11-8-5-4-6-12(7-8)9(13)14/h4-7H2,1-3H3,(H,13,14)/t16-/m1/s1. The van der Waals surface area contributed by atoms with Gasteiger partial charge in [-0.05, 0) is 33.6 Å². The maximum atomic E-state index is 11.8. The molecule has 1 aliphatic heterocycles. The molecule has 16 heavy (non-hydrogen) atoms. The molecule has 0 aromatic rings. The smallest absolute Gasteiger partial charge is 0.407 e. The molecule has 0 aromatic heterocycles. The highest BCUT2D eigenvalue weighted by atomic mass is 32.2. The lowest BCUT2D eigenvalue weighted by atomic mass is 10.1. The Bertz CT molecular complexity index is 299. The lowest BCUT2D eigenvalue weighted by Gasteiger charge is -2.26. The number of hydrogen-bond acceptors (Lipinski definition) is 3. The number of likely N-dealkylation sites (tertiary alicyclic amines) is 1. The molecule has 1 atom stereocenters. The van der Waals surface area contributed by atoms with Crippen LogP contribution in [-0.2, 0) is 11.4 Å². The average Bonchev–Trinajstić information content (AvgIpc) is 2.16. The molecule has 1 fully saturated rings. The van der Waals surface area contributed by atoms with Gasteiger partial charge in [-0.2, -0.15) is 0 Å². The van der Waals surface area contributed by atoms with Crippen LogP contribution in [0.2, 0.25) is 0 Å². The van der Waals surface area contributed by atoms with E-state index in [4.69, 9.17) is 5.11 Å². The highest BCUT2D eigenvalue weighted by Crippen LogP contribution is 2.19. The molecule has 0 aromatic carbocycles. The fourth-order valence-electron chi connectivity index (χ4n) is 1.34. The molecule has 1 saturated heterocycles. The van der Waals surface area contributed by atoms with Gasteiger partial charge in [-0.25, -0.2) is 4.79 Å². The molecule has 1 aliphatic rings. The van der Waals surface area contributed by atoms with Crippen LogP contribution >= 0.6 is 0 Å². The Labute approximate surface area is 98.9 Å². The Morgan fingerprint density at radius 2 is 2.19 bits per heavy atom. The average molecular weight is 246 g/mol. The number of piperidine rings is 1. The Morgan fingerprint density at radius 3 is 2.69 bits per heavy atom. The van der Waals surface area contributed by atoms with Gasteiger partial charge in [-0.3, -0.25) is 0 Å². The first-order valence-corrected chi connectivity index (χ1v) is 6.37. The van der Waals surface area contributed by atoms with E-state index in [0.29, 0.717) is 6.54 Å². The minimum atomic E-state index is -1.29. The summed E-state index contributed by atoms with van der Waals surface area (Å²) >= 11 is -1.29. The van der Waals surface area contributed by atoms with E-state index in [1.54, 1.807) is 0 Å². The lowest BCUT2D eigenvalue weighted by Crippen LogP contribution is -2.40. The number of carboxylic acid groups (broad SMARTS) is 1. The van der Waals surface area contributed by atoms with E-state index in [-0.39, 0.29) is 6.54 Å². The van der Waals surface area contributed by atoms with E-state index in [2.05, 4.69) is 4.40 Å². The first kappa shape index (κ1) is 13.3. The Balaban J connectivity index is 2.66. The van der Waals surface area contributed by atoms with Crippen LogP contribution in [0.4, 0.5) is 4.79 Å². The monoisotopic (exact) mass is 246 g/mol. The molecule has 1 N–H and O–H groups in total. The van der Waals surface area contributed by atoms with Gasteiger partial charge in [0, 0.05) is 6.54 Å². The zero-order valence-corrected chi connectivity index (χ0v) is 10.7. The van der Waals surface area contributed by atoms with Gasteiger partial charge in [-0.1, -0.05) is 4.40 Å². The Kier molecular flexibility index (Phi) is 4.21. The third-order valence-corrected chi connectivity index (χ3v) is 3.74. The summed E-state index contributed by atoms with van der Waals surface area (Å²) in [6.45, 7) is 6.38. The van der Waals surface area contributed by atoms with Crippen LogP contribution in [0.15, 0.2) is 4.40 Å². The van der Waals surface area contributed by atoms with Crippen molar-refractivity contribution < 1.29 is 14.5 Å². The van der Waals surface area contributed by atoms with Crippen LogP contribution in [0.25, 0.3) is 0 Å². The summed E-state index contributed by atoms with van der Waals surface area (Å²) in [5.74, 6) is 0. The Morgan fingerprint density at radius 1 is 1.56 bits per heavy atom. The first-order chi connectivity index (χ1) is 7.30. The second-order valence-corrected chi connectivity index (χ2v) is 6.73. The van der Waals surface area contributed by atoms with Crippen molar-refractivity contribution in [3.05, 3.63) is 0 Å². The lowest BCUT2D eigenvalue weighted by molar-refractivity contribution is 0.149.